The number of ether oxygens (including phenoxy) is 1. The number of hydrogen-bond donors (Lipinski definition) is 4. The molecule has 0 aliphatic rings. The molecule has 6 heteroatoms. The number of aliphatic hydroxyl groups is 1. The van der Waals surface area contributed by atoms with Crippen LogP contribution in [0.5, 0.6) is 5.75 Å². The summed E-state index contributed by atoms with van der Waals surface area (Å²) in [5, 5.41) is 20.4. The molecule has 4 N–H and O–H groups in total. The molecular formula is C23H30N4O2. The molecular weight excluding hydrogens is 364 g/mol. The Hall–Kier alpha value is -2.99. The van der Waals surface area contributed by atoms with Gasteiger partial charge in [-0.15, -0.1) is 0 Å². The zero-order valence-corrected chi connectivity index (χ0v) is 17.8. The highest BCUT2D eigenvalue weighted by atomic mass is 16.5. The van der Waals surface area contributed by atoms with Crippen LogP contribution in [0.4, 0.5) is 17.1 Å². The predicted molar refractivity (Wildman–Crippen MR) is 122 cm³/mol. The summed E-state index contributed by atoms with van der Waals surface area (Å²) in [5.74, 6) is 0.749. The Bertz CT molecular complexity index is 975. The van der Waals surface area contributed by atoms with Gasteiger partial charge in [0, 0.05) is 66.5 Å². The molecule has 1 atom stereocenters. The first-order chi connectivity index (χ1) is 14.1. The van der Waals surface area contributed by atoms with Crippen molar-refractivity contribution in [2.45, 2.75) is 26.4 Å². The number of aliphatic hydroxyl groups excluding tert-OH is 1. The van der Waals surface area contributed by atoms with Crippen LogP contribution in [0.15, 0.2) is 36.4 Å². The molecule has 0 aliphatic carbocycles. The van der Waals surface area contributed by atoms with Crippen LogP contribution in [0, 0.1) is 6.92 Å². The normalized spacial score (nSPS) is 11.9. The van der Waals surface area contributed by atoms with Gasteiger partial charge in [0.1, 0.15) is 11.9 Å². The van der Waals surface area contributed by atoms with E-state index in [1.165, 1.54) is 0 Å². The molecule has 29 heavy (non-hydrogen) atoms. The molecule has 0 saturated heterocycles. The van der Waals surface area contributed by atoms with E-state index < -0.39 is 0 Å². The molecule has 1 unspecified atom stereocenters. The van der Waals surface area contributed by atoms with Gasteiger partial charge in [-0.3, -0.25) is 4.98 Å². The summed E-state index contributed by atoms with van der Waals surface area (Å²) < 4.78 is 6.12. The average Bonchev–Trinajstić information content (AvgIpc) is 2.75. The second kappa shape index (κ2) is 9.01. The Morgan fingerprint density at radius 3 is 2.28 bits per heavy atom. The Balaban J connectivity index is 2.28. The minimum Gasteiger partial charge on any atom is -0.487 e. The fourth-order valence-electron chi connectivity index (χ4n) is 3.54. The molecule has 0 fully saturated rings. The topological polar surface area (TPSA) is 78.4 Å². The van der Waals surface area contributed by atoms with E-state index in [4.69, 9.17) is 9.72 Å². The van der Waals surface area contributed by atoms with Gasteiger partial charge < -0.3 is 25.8 Å². The molecule has 154 valence electrons. The Morgan fingerprint density at radius 1 is 1.03 bits per heavy atom. The zero-order valence-electron chi connectivity index (χ0n) is 17.8. The van der Waals surface area contributed by atoms with E-state index in [2.05, 4.69) is 34.1 Å². The number of benzene rings is 2. The van der Waals surface area contributed by atoms with Gasteiger partial charge in [0.05, 0.1) is 12.1 Å². The van der Waals surface area contributed by atoms with Crippen molar-refractivity contribution in [3.05, 3.63) is 42.1 Å². The van der Waals surface area contributed by atoms with Gasteiger partial charge in [-0.2, -0.15) is 0 Å². The SMILES string of the molecule is CCC(CO)Oc1cc(C)nc2c(-c3c(NC)cc(NC)cc3NC)cccc12. The summed E-state index contributed by atoms with van der Waals surface area (Å²) in [6, 6.07) is 12.2. The molecule has 1 aromatic heterocycles. The monoisotopic (exact) mass is 394 g/mol. The summed E-state index contributed by atoms with van der Waals surface area (Å²) >= 11 is 0. The number of aryl methyl sites for hydroxylation is 1. The third-order valence-corrected chi connectivity index (χ3v) is 5.12. The highest BCUT2D eigenvalue weighted by molar-refractivity contribution is 6.04. The third kappa shape index (κ3) is 4.07. The van der Waals surface area contributed by atoms with Gasteiger partial charge in [0.25, 0.3) is 0 Å². The minimum absolute atomic E-state index is 0.0155. The maximum atomic E-state index is 9.58. The number of nitrogens with zero attached hydrogens (tertiary/aromatic N) is 1. The van der Waals surface area contributed by atoms with Crippen molar-refractivity contribution in [2.24, 2.45) is 0 Å². The summed E-state index contributed by atoms with van der Waals surface area (Å²) in [6.07, 6.45) is 0.498. The van der Waals surface area contributed by atoms with Crippen LogP contribution < -0.4 is 20.7 Å². The fraction of sp³-hybridized carbons (Fsp3) is 0.348. The second-order valence-corrected chi connectivity index (χ2v) is 6.99. The quantitative estimate of drug-likeness (QED) is 0.451. The Labute approximate surface area is 172 Å². The van der Waals surface area contributed by atoms with E-state index in [-0.39, 0.29) is 12.7 Å². The lowest BCUT2D eigenvalue weighted by atomic mass is 9.97. The van der Waals surface area contributed by atoms with Crippen molar-refractivity contribution in [1.29, 1.82) is 0 Å². The van der Waals surface area contributed by atoms with Gasteiger partial charge in [0.2, 0.25) is 0 Å². The summed E-state index contributed by atoms with van der Waals surface area (Å²) in [6.45, 7) is 3.95. The first-order valence-corrected chi connectivity index (χ1v) is 9.95. The lowest BCUT2D eigenvalue weighted by molar-refractivity contribution is 0.114. The molecule has 0 amide bonds. The van der Waals surface area contributed by atoms with Crippen LogP contribution in [0.1, 0.15) is 19.0 Å². The molecule has 0 aliphatic heterocycles. The van der Waals surface area contributed by atoms with E-state index >= 15 is 0 Å². The van der Waals surface area contributed by atoms with E-state index in [0.29, 0.717) is 0 Å². The van der Waals surface area contributed by atoms with Crippen molar-refractivity contribution in [3.8, 4) is 16.9 Å². The van der Waals surface area contributed by atoms with Crippen molar-refractivity contribution < 1.29 is 9.84 Å². The van der Waals surface area contributed by atoms with Crippen molar-refractivity contribution in [1.82, 2.24) is 4.98 Å². The van der Waals surface area contributed by atoms with Crippen LogP contribution in [0.3, 0.4) is 0 Å². The first-order valence-electron chi connectivity index (χ1n) is 9.95. The minimum atomic E-state index is -0.237. The number of fused-ring (bicyclic) bond motifs is 1. The fourth-order valence-corrected chi connectivity index (χ4v) is 3.54. The van der Waals surface area contributed by atoms with Crippen molar-refractivity contribution in [2.75, 3.05) is 43.7 Å². The van der Waals surface area contributed by atoms with Gasteiger partial charge in [-0.05, 0) is 31.5 Å². The molecule has 6 nitrogen and oxygen atoms in total. The van der Waals surface area contributed by atoms with E-state index in [1.807, 2.05) is 53.2 Å². The average molecular weight is 395 g/mol. The highest BCUT2D eigenvalue weighted by Gasteiger charge is 2.18. The number of hydrogen-bond acceptors (Lipinski definition) is 6. The Kier molecular flexibility index (Phi) is 6.44. The largest absolute Gasteiger partial charge is 0.487 e. The summed E-state index contributed by atoms with van der Waals surface area (Å²) in [4.78, 5) is 4.85. The third-order valence-electron chi connectivity index (χ3n) is 5.12. The summed E-state index contributed by atoms with van der Waals surface area (Å²) in [7, 11) is 5.75. The van der Waals surface area contributed by atoms with Crippen molar-refractivity contribution >= 4 is 28.0 Å². The molecule has 0 radical (unpaired) electrons. The van der Waals surface area contributed by atoms with Gasteiger partial charge in [0.15, 0.2) is 0 Å². The maximum Gasteiger partial charge on any atom is 0.131 e. The lowest BCUT2D eigenvalue weighted by Crippen LogP contribution is -2.20. The first kappa shape index (κ1) is 20.7. The van der Waals surface area contributed by atoms with Crippen LogP contribution in [0.2, 0.25) is 0 Å². The smallest absolute Gasteiger partial charge is 0.131 e. The molecule has 0 spiro atoms. The standard InChI is InChI=1S/C23H30N4O2/c1-6-16(13-28)29-21-10-14(2)27-23-17(21)8-7-9-18(23)22-19(25-4)11-15(24-3)12-20(22)26-5/h7-12,16,24-26,28H,6,13H2,1-5H3. The van der Waals surface area contributed by atoms with E-state index in [1.54, 1.807) is 0 Å². The molecule has 3 aromatic rings. The van der Waals surface area contributed by atoms with Crippen LogP contribution >= 0.6 is 0 Å². The number of nitrogens with one attached hydrogen (secondary N) is 3. The van der Waals surface area contributed by atoms with Crippen LogP contribution in [-0.2, 0) is 0 Å². The predicted octanol–water partition coefficient (Wildman–Crippen LogP) is 4.49. The highest BCUT2D eigenvalue weighted by Crippen LogP contribution is 2.42. The second-order valence-electron chi connectivity index (χ2n) is 6.99. The maximum absolute atomic E-state index is 9.58. The molecule has 0 bridgehead atoms. The number of para-hydroxylation sites is 1. The van der Waals surface area contributed by atoms with E-state index in [0.717, 1.165) is 57.0 Å². The van der Waals surface area contributed by atoms with E-state index in [9.17, 15) is 5.11 Å². The van der Waals surface area contributed by atoms with Gasteiger partial charge in [-0.1, -0.05) is 19.1 Å². The number of rotatable bonds is 8. The van der Waals surface area contributed by atoms with Crippen LogP contribution in [0.25, 0.3) is 22.0 Å². The number of pyridine rings is 1. The molecule has 0 saturated carbocycles. The number of anilines is 3. The van der Waals surface area contributed by atoms with Crippen LogP contribution in [-0.4, -0.2) is 43.9 Å². The van der Waals surface area contributed by atoms with Crippen molar-refractivity contribution in [3.63, 3.8) is 0 Å². The molecule has 3 rings (SSSR count). The van der Waals surface area contributed by atoms with Gasteiger partial charge >= 0.3 is 0 Å². The number of aromatic nitrogens is 1. The summed E-state index contributed by atoms with van der Waals surface area (Å²) in [5.41, 5.74) is 6.84. The lowest BCUT2D eigenvalue weighted by Gasteiger charge is -2.20. The zero-order chi connectivity index (χ0) is 21.0. The van der Waals surface area contributed by atoms with Gasteiger partial charge in [-0.25, -0.2) is 0 Å². The molecule has 2 aromatic carbocycles. The molecule has 1 heterocycles. The Morgan fingerprint density at radius 2 is 1.72 bits per heavy atom.